The fourth-order valence-electron chi connectivity index (χ4n) is 3.04. The topological polar surface area (TPSA) is 132 Å². The number of nitrogens with zero attached hydrogens (tertiary/aromatic N) is 1. The van der Waals surface area contributed by atoms with E-state index in [0.29, 0.717) is 33.6 Å². The number of aromatic carboxylic acids is 1. The third-order valence-electron chi connectivity index (χ3n) is 4.55. The van der Waals surface area contributed by atoms with E-state index in [1.807, 2.05) is 13.8 Å². The van der Waals surface area contributed by atoms with Crippen LogP contribution in [0.2, 0.25) is 0 Å². The number of carbonyl (C=O) groups excluding carboxylic acids is 1. The van der Waals surface area contributed by atoms with E-state index in [0.717, 1.165) is 0 Å². The average molecular weight is 509 g/mol. The Bertz CT molecular complexity index is 1290. The second-order valence-corrected chi connectivity index (χ2v) is 7.40. The average Bonchev–Trinajstić information content (AvgIpc) is 2.81. The second kappa shape index (κ2) is 11.4. The van der Waals surface area contributed by atoms with E-state index in [2.05, 4.69) is 4.98 Å². The van der Waals surface area contributed by atoms with Gasteiger partial charge in [0.15, 0.2) is 11.5 Å². The van der Waals surface area contributed by atoms with Crippen LogP contribution in [0, 0.1) is 0 Å². The number of aromatic nitrogens is 1. The third kappa shape index (κ3) is 6.62. The largest absolute Gasteiger partial charge is 0.493 e. The van der Waals surface area contributed by atoms with Crippen LogP contribution in [0.4, 0.5) is 13.2 Å². The molecule has 0 spiro atoms. The molecule has 2 N–H and O–H groups in total. The Kier molecular flexibility index (Phi) is 8.82. The zero-order valence-corrected chi connectivity index (χ0v) is 19.5. The minimum Gasteiger partial charge on any atom is -0.493 e. The standard InChI is InChI=1S/C22H21NO6.C2HF3O2/c1-12(2)29-14-7-5-6-13(8-14)21(24)20-16-10-19(28-4)18(27-3)9-15(16)17(11-23-20)22(25)26;3-2(4,5)1(6)7/h5-12H,1-4H3,(H,25,26);(H,6,7). The molecule has 0 fully saturated rings. The number of hydrogen-bond donors (Lipinski definition) is 2. The molecule has 0 aliphatic rings. The third-order valence-corrected chi connectivity index (χ3v) is 4.55. The SMILES string of the molecule is COc1cc2c(C(=O)O)cnc(C(=O)c3cccc(OC(C)C)c3)c2cc1OC.O=C(O)C(F)(F)F. The molecule has 192 valence electrons. The molecule has 0 aliphatic heterocycles. The molecule has 0 bridgehead atoms. The summed E-state index contributed by atoms with van der Waals surface area (Å²) in [5, 5.41) is 17.4. The number of carboxylic acids is 2. The van der Waals surface area contributed by atoms with Crippen LogP contribution < -0.4 is 14.2 Å². The smallest absolute Gasteiger partial charge is 0.490 e. The summed E-state index contributed by atoms with van der Waals surface area (Å²) < 4.78 is 48.0. The summed E-state index contributed by atoms with van der Waals surface area (Å²) in [7, 11) is 2.92. The van der Waals surface area contributed by atoms with Gasteiger partial charge in [0.25, 0.3) is 0 Å². The number of rotatable bonds is 7. The van der Waals surface area contributed by atoms with Gasteiger partial charge in [-0.3, -0.25) is 9.78 Å². The number of ketones is 1. The highest BCUT2D eigenvalue weighted by Gasteiger charge is 2.38. The quantitative estimate of drug-likeness (QED) is 0.439. The summed E-state index contributed by atoms with van der Waals surface area (Å²) in [6, 6.07) is 9.90. The van der Waals surface area contributed by atoms with Crippen LogP contribution in [0.5, 0.6) is 17.2 Å². The summed E-state index contributed by atoms with van der Waals surface area (Å²) in [6.45, 7) is 3.79. The zero-order valence-electron chi connectivity index (χ0n) is 19.5. The van der Waals surface area contributed by atoms with Crippen molar-refractivity contribution in [3.63, 3.8) is 0 Å². The van der Waals surface area contributed by atoms with Crippen LogP contribution in [0.25, 0.3) is 10.8 Å². The lowest BCUT2D eigenvalue weighted by atomic mass is 9.99. The van der Waals surface area contributed by atoms with Crippen molar-refractivity contribution >= 4 is 28.5 Å². The molecule has 3 aromatic rings. The van der Waals surface area contributed by atoms with Crippen molar-refractivity contribution in [2.24, 2.45) is 0 Å². The van der Waals surface area contributed by atoms with Crippen molar-refractivity contribution in [3.05, 3.63) is 59.4 Å². The van der Waals surface area contributed by atoms with Gasteiger partial charge in [-0.25, -0.2) is 9.59 Å². The first-order valence-corrected chi connectivity index (χ1v) is 10.2. The van der Waals surface area contributed by atoms with E-state index < -0.39 is 18.1 Å². The lowest BCUT2D eigenvalue weighted by Gasteiger charge is -2.13. The number of carboxylic acid groups (broad SMARTS) is 2. The maximum atomic E-state index is 13.2. The van der Waals surface area contributed by atoms with Crippen molar-refractivity contribution in [2.45, 2.75) is 26.1 Å². The molecule has 0 saturated heterocycles. The Morgan fingerprint density at radius 2 is 1.50 bits per heavy atom. The highest BCUT2D eigenvalue weighted by atomic mass is 19.4. The van der Waals surface area contributed by atoms with Gasteiger partial charge in [0, 0.05) is 22.5 Å². The van der Waals surface area contributed by atoms with Crippen LogP contribution in [-0.2, 0) is 4.79 Å². The van der Waals surface area contributed by atoms with Crippen LogP contribution >= 0.6 is 0 Å². The summed E-state index contributed by atoms with van der Waals surface area (Å²) in [5.74, 6) is -2.96. The Balaban J connectivity index is 0.000000572. The van der Waals surface area contributed by atoms with Gasteiger partial charge >= 0.3 is 18.1 Å². The van der Waals surface area contributed by atoms with Gasteiger partial charge in [-0.05, 0) is 38.1 Å². The molecule has 12 heteroatoms. The lowest BCUT2D eigenvalue weighted by Crippen LogP contribution is -2.21. The Hall–Kier alpha value is -4.35. The van der Waals surface area contributed by atoms with E-state index >= 15 is 0 Å². The van der Waals surface area contributed by atoms with Gasteiger partial charge in [0.05, 0.1) is 25.9 Å². The first kappa shape index (κ1) is 27.9. The highest BCUT2D eigenvalue weighted by molar-refractivity contribution is 6.18. The molecule has 1 heterocycles. The number of ether oxygens (including phenoxy) is 3. The first-order chi connectivity index (χ1) is 16.8. The summed E-state index contributed by atoms with van der Waals surface area (Å²) in [4.78, 5) is 37.9. The predicted octanol–water partition coefficient (Wildman–Crippen LogP) is 4.60. The molecule has 0 amide bonds. The second-order valence-electron chi connectivity index (χ2n) is 7.40. The minimum absolute atomic E-state index is 0.0330. The van der Waals surface area contributed by atoms with E-state index in [9.17, 15) is 27.9 Å². The number of benzene rings is 2. The molecule has 2 aromatic carbocycles. The van der Waals surface area contributed by atoms with E-state index in [-0.39, 0.29) is 23.1 Å². The van der Waals surface area contributed by atoms with Gasteiger partial charge in [0.1, 0.15) is 11.4 Å². The van der Waals surface area contributed by atoms with Gasteiger partial charge < -0.3 is 24.4 Å². The van der Waals surface area contributed by atoms with Crippen molar-refractivity contribution < 1.29 is 52.0 Å². The predicted molar refractivity (Wildman–Crippen MR) is 121 cm³/mol. The number of fused-ring (bicyclic) bond motifs is 1. The van der Waals surface area contributed by atoms with Crippen LogP contribution in [-0.4, -0.2) is 59.4 Å². The number of aliphatic carboxylic acids is 1. The number of alkyl halides is 3. The van der Waals surface area contributed by atoms with Crippen molar-refractivity contribution in [1.82, 2.24) is 4.98 Å². The Morgan fingerprint density at radius 1 is 0.944 bits per heavy atom. The zero-order chi connectivity index (χ0) is 27.2. The fraction of sp³-hybridized carbons (Fsp3) is 0.250. The minimum atomic E-state index is -5.08. The lowest BCUT2D eigenvalue weighted by molar-refractivity contribution is -0.192. The Labute approximate surface area is 203 Å². The number of hydrogen-bond acceptors (Lipinski definition) is 7. The number of methoxy groups -OCH3 is 2. The molecule has 0 saturated carbocycles. The first-order valence-electron chi connectivity index (χ1n) is 10.2. The van der Waals surface area contributed by atoms with Gasteiger partial charge in [-0.1, -0.05) is 12.1 Å². The van der Waals surface area contributed by atoms with E-state index in [1.54, 1.807) is 30.3 Å². The molecule has 0 aliphatic carbocycles. The van der Waals surface area contributed by atoms with Crippen LogP contribution in [0.15, 0.2) is 42.6 Å². The monoisotopic (exact) mass is 509 g/mol. The molecule has 1 aromatic heterocycles. The van der Waals surface area contributed by atoms with E-state index in [1.165, 1.54) is 26.5 Å². The summed E-state index contributed by atoms with van der Waals surface area (Å²) in [5.41, 5.74) is 0.469. The molecule has 3 rings (SSSR count). The number of carbonyl (C=O) groups is 3. The van der Waals surface area contributed by atoms with Gasteiger partial charge in [-0.15, -0.1) is 0 Å². The molecule has 9 nitrogen and oxygen atoms in total. The molecule has 0 unspecified atom stereocenters. The van der Waals surface area contributed by atoms with Crippen LogP contribution in [0.1, 0.15) is 40.3 Å². The highest BCUT2D eigenvalue weighted by Crippen LogP contribution is 2.35. The van der Waals surface area contributed by atoms with E-state index in [4.69, 9.17) is 24.1 Å². The summed E-state index contributed by atoms with van der Waals surface area (Å²) >= 11 is 0. The van der Waals surface area contributed by atoms with Crippen molar-refractivity contribution in [2.75, 3.05) is 14.2 Å². The van der Waals surface area contributed by atoms with Gasteiger partial charge in [0.2, 0.25) is 5.78 Å². The number of pyridine rings is 1. The normalized spacial score (nSPS) is 10.9. The summed E-state index contributed by atoms with van der Waals surface area (Å²) in [6.07, 6.45) is -3.94. The van der Waals surface area contributed by atoms with Gasteiger partial charge in [-0.2, -0.15) is 13.2 Å². The molecular weight excluding hydrogens is 487 g/mol. The Morgan fingerprint density at radius 3 is 1.97 bits per heavy atom. The molecule has 36 heavy (non-hydrogen) atoms. The van der Waals surface area contributed by atoms with Crippen molar-refractivity contribution in [1.29, 1.82) is 0 Å². The molecule has 0 atom stereocenters. The maximum absolute atomic E-state index is 13.2. The van der Waals surface area contributed by atoms with Crippen molar-refractivity contribution in [3.8, 4) is 17.2 Å². The van der Waals surface area contributed by atoms with Crippen LogP contribution in [0.3, 0.4) is 0 Å². The maximum Gasteiger partial charge on any atom is 0.490 e. The molecule has 0 radical (unpaired) electrons. The number of halogens is 3. The fourth-order valence-corrected chi connectivity index (χ4v) is 3.04. The molecular formula is C24H22F3NO8.